The van der Waals surface area contributed by atoms with Crippen LogP contribution in [0.5, 0.6) is 0 Å². The maximum Gasteiger partial charge on any atom is 0.335 e. The number of hydroxylamine groups is 1. The van der Waals surface area contributed by atoms with Gasteiger partial charge < -0.3 is 15.7 Å². The van der Waals surface area contributed by atoms with Crippen molar-refractivity contribution in [3.05, 3.63) is 59.2 Å². The summed E-state index contributed by atoms with van der Waals surface area (Å²) in [6.07, 6.45) is 7.91. The first kappa shape index (κ1) is 16.4. The zero-order valence-electron chi connectivity index (χ0n) is 13.5. The highest BCUT2D eigenvalue weighted by atomic mass is 16.7. The molecule has 0 radical (unpaired) electrons. The van der Waals surface area contributed by atoms with Crippen molar-refractivity contribution >= 4 is 11.9 Å². The fraction of sp³-hybridized carbons (Fsp3) is 0.333. The Hall–Kier alpha value is -2.44. The Labute approximate surface area is 140 Å². The highest BCUT2D eigenvalue weighted by Crippen LogP contribution is 2.45. The largest absolute Gasteiger partial charge is 0.478 e. The number of benzene rings is 1. The summed E-state index contributed by atoms with van der Waals surface area (Å²) in [5.74, 6) is -0.108. The summed E-state index contributed by atoms with van der Waals surface area (Å²) in [5.41, 5.74) is 10.7. The number of nitrogens with two attached hydrogens (primary N) is 1. The summed E-state index contributed by atoms with van der Waals surface area (Å²) in [4.78, 5) is 21.0. The van der Waals surface area contributed by atoms with E-state index < -0.39 is 5.97 Å². The van der Waals surface area contributed by atoms with Crippen LogP contribution in [0.25, 0.3) is 0 Å². The van der Waals surface area contributed by atoms with Crippen molar-refractivity contribution < 1.29 is 14.7 Å². The number of fused-ring (bicyclic) bond motifs is 1. The van der Waals surface area contributed by atoms with Gasteiger partial charge in [0.1, 0.15) is 0 Å². The Morgan fingerprint density at radius 3 is 3.12 bits per heavy atom. The van der Waals surface area contributed by atoms with Gasteiger partial charge in [-0.25, -0.2) is 9.79 Å². The molecule has 0 aromatic heterocycles. The Morgan fingerprint density at radius 1 is 1.54 bits per heavy atom. The first-order chi connectivity index (χ1) is 11.5. The quantitative estimate of drug-likeness (QED) is 0.333. The fourth-order valence-electron chi connectivity index (χ4n) is 2.86. The van der Waals surface area contributed by atoms with Gasteiger partial charge in [-0.1, -0.05) is 30.4 Å². The molecule has 0 bridgehead atoms. The molecule has 1 aromatic rings. The Balaban J connectivity index is 1.79. The number of nitrogens with zero attached hydrogens (tertiary/aromatic N) is 1. The molecule has 0 aliphatic heterocycles. The molecule has 2 atom stereocenters. The lowest BCUT2D eigenvalue weighted by molar-refractivity contribution is 0.0696. The summed E-state index contributed by atoms with van der Waals surface area (Å²) in [7, 11) is 1.68. The summed E-state index contributed by atoms with van der Waals surface area (Å²) in [6, 6.07) is 6.75. The normalized spacial score (nSPS) is 25.5. The van der Waals surface area contributed by atoms with Gasteiger partial charge in [0, 0.05) is 24.1 Å². The molecule has 6 heteroatoms. The first-order valence-electron chi connectivity index (χ1n) is 7.90. The van der Waals surface area contributed by atoms with Crippen molar-refractivity contribution in [3.63, 3.8) is 0 Å². The molecule has 0 saturated heterocycles. The summed E-state index contributed by atoms with van der Waals surface area (Å²) in [5, 5.41) is 9.06. The third-order valence-corrected chi connectivity index (χ3v) is 4.32. The molecule has 0 amide bonds. The van der Waals surface area contributed by atoms with E-state index in [1.807, 2.05) is 6.07 Å². The molecule has 2 aliphatic carbocycles. The van der Waals surface area contributed by atoms with Crippen LogP contribution >= 0.6 is 0 Å². The molecule has 1 fully saturated rings. The number of nitrogens with one attached hydrogen (secondary N) is 1. The molecule has 6 nitrogen and oxygen atoms in total. The van der Waals surface area contributed by atoms with E-state index in [0.717, 1.165) is 17.6 Å². The van der Waals surface area contributed by atoms with E-state index in [1.54, 1.807) is 25.2 Å². The predicted molar refractivity (Wildman–Crippen MR) is 91.6 cm³/mol. The van der Waals surface area contributed by atoms with Gasteiger partial charge in [-0.05, 0) is 30.5 Å². The van der Waals surface area contributed by atoms with Crippen LogP contribution in [0.3, 0.4) is 0 Å². The molecule has 0 spiro atoms. The van der Waals surface area contributed by atoms with Crippen molar-refractivity contribution in [2.45, 2.75) is 24.9 Å². The van der Waals surface area contributed by atoms with Gasteiger partial charge in [-0.3, -0.25) is 0 Å². The number of hydrogen-bond donors (Lipinski definition) is 3. The van der Waals surface area contributed by atoms with Crippen LogP contribution in [-0.2, 0) is 11.4 Å². The second-order valence-electron chi connectivity index (χ2n) is 6.15. The lowest BCUT2D eigenvalue weighted by Gasteiger charge is -2.10. The highest BCUT2D eigenvalue weighted by molar-refractivity contribution is 5.94. The standard InChI is InChI=1S/C18H21N3O3/c1-20-24-16(13-6-3-7-18(19)10-15(18)9-13)21-11-12-4-2-5-14(8-12)17(22)23/h2-5,7-9,15,20H,6,10-11,19H2,1H3,(H,22,23). The lowest BCUT2D eigenvalue weighted by atomic mass is 10.1. The molecule has 24 heavy (non-hydrogen) atoms. The van der Waals surface area contributed by atoms with Gasteiger partial charge in [0.15, 0.2) is 0 Å². The molecule has 1 saturated carbocycles. The average Bonchev–Trinajstić information content (AvgIpc) is 3.22. The highest BCUT2D eigenvalue weighted by Gasteiger charge is 2.48. The smallest absolute Gasteiger partial charge is 0.335 e. The number of carboxylic acids is 1. The van der Waals surface area contributed by atoms with Crippen molar-refractivity contribution in [3.8, 4) is 0 Å². The Bertz CT molecular complexity index is 739. The molecule has 1 aromatic carbocycles. The van der Waals surface area contributed by atoms with Gasteiger partial charge in [0.25, 0.3) is 0 Å². The number of aromatic carboxylic acids is 1. The average molecular weight is 327 g/mol. The monoisotopic (exact) mass is 327 g/mol. The topological polar surface area (TPSA) is 96.9 Å². The van der Waals surface area contributed by atoms with E-state index in [-0.39, 0.29) is 11.1 Å². The second kappa shape index (κ2) is 6.59. The Kier molecular flexibility index (Phi) is 4.51. The van der Waals surface area contributed by atoms with Crippen LogP contribution in [0.15, 0.2) is 53.1 Å². The van der Waals surface area contributed by atoms with Crippen molar-refractivity contribution in [2.24, 2.45) is 16.6 Å². The molecule has 2 unspecified atom stereocenters. The molecule has 126 valence electrons. The van der Waals surface area contributed by atoms with Crippen molar-refractivity contribution in [1.29, 1.82) is 0 Å². The van der Waals surface area contributed by atoms with Crippen LogP contribution in [0.4, 0.5) is 0 Å². The summed E-state index contributed by atoms with van der Waals surface area (Å²) < 4.78 is 0. The third-order valence-electron chi connectivity index (χ3n) is 4.32. The van der Waals surface area contributed by atoms with Gasteiger partial charge in [-0.15, -0.1) is 0 Å². The zero-order chi connectivity index (χ0) is 17.2. The van der Waals surface area contributed by atoms with E-state index in [2.05, 4.69) is 28.7 Å². The van der Waals surface area contributed by atoms with Crippen LogP contribution in [0.1, 0.15) is 28.8 Å². The van der Waals surface area contributed by atoms with E-state index in [4.69, 9.17) is 15.7 Å². The number of aliphatic imine (C=N–C) groups is 1. The van der Waals surface area contributed by atoms with Gasteiger partial charge >= 0.3 is 5.97 Å². The molecule has 4 N–H and O–H groups in total. The molecular weight excluding hydrogens is 306 g/mol. The Morgan fingerprint density at radius 2 is 2.38 bits per heavy atom. The lowest BCUT2D eigenvalue weighted by Crippen LogP contribution is -2.20. The number of carboxylic acid groups (broad SMARTS) is 1. The maximum absolute atomic E-state index is 11.1. The van der Waals surface area contributed by atoms with E-state index in [0.29, 0.717) is 24.8 Å². The third kappa shape index (κ3) is 3.55. The molecule has 2 aliphatic rings. The summed E-state index contributed by atoms with van der Waals surface area (Å²) >= 11 is 0. The van der Waals surface area contributed by atoms with Gasteiger partial charge in [-0.2, -0.15) is 5.48 Å². The van der Waals surface area contributed by atoms with Crippen molar-refractivity contribution in [2.75, 3.05) is 7.05 Å². The van der Waals surface area contributed by atoms with Crippen LogP contribution in [0.2, 0.25) is 0 Å². The number of allylic oxidation sites excluding steroid dienone is 1. The number of rotatable bonds is 5. The first-order valence-corrected chi connectivity index (χ1v) is 7.90. The molecule has 0 heterocycles. The fourth-order valence-corrected chi connectivity index (χ4v) is 2.86. The SMILES string of the molecule is CNOC(=NCc1cccc(C(=O)O)c1)C1=CC2CC2(N)C=CC1. The molecule has 3 rings (SSSR count). The zero-order valence-corrected chi connectivity index (χ0v) is 13.5. The van der Waals surface area contributed by atoms with E-state index in [9.17, 15) is 4.79 Å². The van der Waals surface area contributed by atoms with E-state index in [1.165, 1.54) is 0 Å². The van der Waals surface area contributed by atoms with Crippen LogP contribution < -0.4 is 11.2 Å². The maximum atomic E-state index is 11.1. The van der Waals surface area contributed by atoms with Gasteiger partial charge in [0.05, 0.1) is 12.1 Å². The summed E-state index contributed by atoms with van der Waals surface area (Å²) in [6.45, 7) is 0.345. The van der Waals surface area contributed by atoms with Crippen LogP contribution in [-0.4, -0.2) is 29.6 Å². The van der Waals surface area contributed by atoms with Crippen LogP contribution in [0, 0.1) is 5.92 Å². The minimum atomic E-state index is -0.947. The van der Waals surface area contributed by atoms with Crippen molar-refractivity contribution in [1.82, 2.24) is 5.48 Å². The molecular formula is C18H21N3O3. The van der Waals surface area contributed by atoms with E-state index >= 15 is 0 Å². The minimum Gasteiger partial charge on any atom is -0.478 e. The van der Waals surface area contributed by atoms with Gasteiger partial charge in [0.2, 0.25) is 5.90 Å². The number of carbonyl (C=O) groups is 1. The number of hydrogen-bond acceptors (Lipinski definition) is 5. The second-order valence-corrected chi connectivity index (χ2v) is 6.15. The minimum absolute atomic E-state index is 0.206. The predicted octanol–water partition coefficient (Wildman–Crippen LogP) is 2.04.